The topological polar surface area (TPSA) is 40.8 Å². The van der Waals surface area contributed by atoms with Crippen molar-refractivity contribution in [3.63, 3.8) is 0 Å². The van der Waals surface area contributed by atoms with Crippen LogP contribution in [0.3, 0.4) is 0 Å². The number of hydrogen-bond acceptors (Lipinski definition) is 3. The van der Waals surface area contributed by atoms with Gasteiger partial charge in [0.2, 0.25) is 0 Å². The summed E-state index contributed by atoms with van der Waals surface area (Å²) in [6.07, 6.45) is 5.64. The van der Waals surface area contributed by atoms with Crippen LogP contribution in [0.5, 0.6) is 0 Å². The molecule has 1 aromatic heterocycles. The first-order chi connectivity index (χ1) is 11.3. The molecule has 4 nitrogen and oxygen atoms in total. The maximum absolute atomic E-state index is 9.74. The number of rotatable bonds is 1. The molecule has 4 heterocycles. The first-order valence-corrected chi connectivity index (χ1v) is 8.86. The lowest BCUT2D eigenvalue weighted by Gasteiger charge is -2.54. The molecule has 1 aromatic carbocycles. The van der Waals surface area contributed by atoms with Crippen LogP contribution in [0.15, 0.2) is 29.4 Å². The number of oxime groups is 1. The van der Waals surface area contributed by atoms with Crippen LogP contribution in [0.2, 0.25) is 0 Å². The zero-order valence-electron chi connectivity index (χ0n) is 13.6. The summed E-state index contributed by atoms with van der Waals surface area (Å²) in [5.41, 5.74) is 4.35. The third-order valence-electron chi connectivity index (χ3n) is 6.58. The van der Waals surface area contributed by atoms with E-state index in [1.54, 1.807) is 0 Å². The Bertz CT molecular complexity index is 821. The average Bonchev–Trinajstić information content (AvgIpc) is 2.95. The number of aromatic nitrogens is 1. The molecule has 0 aliphatic carbocycles. The molecular formula is C19H23N3O. The molecule has 1 N–H and O–H groups in total. The Kier molecular flexibility index (Phi) is 2.72. The summed E-state index contributed by atoms with van der Waals surface area (Å²) in [4.78, 5) is 2.69. The second-order valence-corrected chi connectivity index (χ2v) is 7.42. The molecule has 1 fully saturated rings. The van der Waals surface area contributed by atoms with Crippen molar-refractivity contribution in [2.75, 3.05) is 13.1 Å². The molecule has 2 atom stereocenters. The summed E-state index contributed by atoms with van der Waals surface area (Å²) in [6.45, 7) is 4.68. The smallest absolute Gasteiger partial charge is 0.153 e. The van der Waals surface area contributed by atoms with Crippen molar-refractivity contribution in [1.82, 2.24) is 9.47 Å². The summed E-state index contributed by atoms with van der Waals surface area (Å²) < 4.78 is 2.26. The molecule has 0 bridgehead atoms. The standard InChI is InChI=1S/C19H23N3O/c1-2-19-9-5-10-21-11-8-14-13-6-3-4-7-15(13)22(16(12-19)20-23)17(14)18(19)21/h3-4,6-7,18,23H,2,5,8-12H2,1H3/b20-16-/t18-,19+/m1/s1. The maximum atomic E-state index is 9.74. The van der Waals surface area contributed by atoms with Crippen molar-refractivity contribution in [3.8, 4) is 0 Å². The van der Waals surface area contributed by atoms with E-state index in [-0.39, 0.29) is 5.41 Å². The molecule has 0 unspecified atom stereocenters. The Morgan fingerprint density at radius 1 is 1.30 bits per heavy atom. The summed E-state index contributed by atoms with van der Waals surface area (Å²) >= 11 is 0. The first-order valence-electron chi connectivity index (χ1n) is 8.86. The Morgan fingerprint density at radius 3 is 3.00 bits per heavy atom. The lowest BCUT2D eigenvalue weighted by atomic mass is 9.64. The van der Waals surface area contributed by atoms with E-state index in [1.807, 2.05) is 0 Å². The van der Waals surface area contributed by atoms with Gasteiger partial charge in [0.1, 0.15) is 0 Å². The highest BCUT2D eigenvalue weighted by Gasteiger charge is 2.52. The monoisotopic (exact) mass is 309 g/mol. The Morgan fingerprint density at radius 2 is 2.17 bits per heavy atom. The summed E-state index contributed by atoms with van der Waals surface area (Å²) in [5.74, 6) is 0.837. The van der Waals surface area contributed by atoms with Gasteiger partial charge in [0.25, 0.3) is 0 Å². The van der Waals surface area contributed by atoms with Crippen molar-refractivity contribution in [1.29, 1.82) is 0 Å². The van der Waals surface area contributed by atoms with Crippen LogP contribution in [-0.4, -0.2) is 33.6 Å². The van der Waals surface area contributed by atoms with Gasteiger partial charge in [-0.3, -0.25) is 9.47 Å². The minimum Gasteiger partial charge on any atom is -0.409 e. The van der Waals surface area contributed by atoms with Crippen LogP contribution >= 0.6 is 0 Å². The minimum atomic E-state index is 0.235. The third kappa shape index (κ3) is 1.57. The van der Waals surface area contributed by atoms with Gasteiger partial charge in [-0.25, -0.2) is 0 Å². The van der Waals surface area contributed by atoms with Crippen molar-refractivity contribution < 1.29 is 5.21 Å². The number of nitrogens with zero attached hydrogens (tertiary/aromatic N) is 3. The van der Waals surface area contributed by atoms with E-state index in [4.69, 9.17) is 0 Å². The normalized spacial score (nSPS) is 31.5. The molecule has 4 heteroatoms. The molecule has 0 spiro atoms. The number of piperidine rings is 1. The van der Waals surface area contributed by atoms with Gasteiger partial charge in [-0.2, -0.15) is 0 Å². The van der Waals surface area contributed by atoms with Gasteiger partial charge in [-0.15, -0.1) is 0 Å². The molecule has 3 aliphatic rings. The Labute approximate surface area is 136 Å². The summed E-state index contributed by atoms with van der Waals surface area (Å²) in [7, 11) is 0. The van der Waals surface area contributed by atoms with Crippen LogP contribution < -0.4 is 0 Å². The molecule has 2 aromatic rings. The van der Waals surface area contributed by atoms with Crippen molar-refractivity contribution in [3.05, 3.63) is 35.5 Å². The molecule has 120 valence electrons. The molecule has 1 saturated heterocycles. The number of hydrogen-bond donors (Lipinski definition) is 1. The van der Waals surface area contributed by atoms with Crippen molar-refractivity contribution in [2.45, 2.75) is 45.1 Å². The highest BCUT2D eigenvalue weighted by atomic mass is 16.4. The minimum absolute atomic E-state index is 0.235. The molecule has 0 amide bonds. The average molecular weight is 309 g/mol. The van der Waals surface area contributed by atoms with Crippen LogP contribution in [0.4, 0.5) is 0 Å². The number of fused-ring (bicyclic) bond motifs is 3. The predicted octanol–water partition coefficient (Wildman–Crippen LogP) is 3.77. The van der Waals surface area contributed by atoms with Gasteiger partial charge in [0.15, 0.2) is 5.84 Å². The van der Waals surface area contributed by atoms with Gasteiger partial charge in [-0.05, 0) is 49.3 Å². The van der Waals surface area contributed by atoms with E-state index in [1.165, 1.54) is 48.1 Å². The zero-order valence-corrected chi connectivity index (χ0v) is 13.6. The predicted molar refractivity (Wildman–Crippen MR) is 91.2 cm³/mol. The number of benzene rings is 1. The highest BCUT2D eigenvalue weighted by Crippen LogP contribution is 2.56. The SMILES string of the molecule is CC[C@]12CCCN3CCc4c(n(c5ccccc45)/C(=N\O)C1)[C@@H]32. The number of para-hydroxylation sites is 1. The molecule has 5 rings (SSSR count). The fourth-order valence-corrected chi connectivity index (χ4v) is 5.56. The van der Waals surface area contributed by atoms with Crippen molar-refractivity contribution >= 4 is 16.7 Å². The van der Waals surface area contributed by atoms with E-state index in [2.05, 4.69) is 45.8 Å². The fraction of sp³-hybridized carbons (Fsp3) is 0.526. The van der Waals surface area contributed by atoms with Crippen LogP contribution in [0.1, 0.15) is 49.9 Å². The second kappa shape index (κ2) is 4.60. The molecule has 23 heavy (non-hydrogen) atoms. The zero-order chi connectivity index (χ0) is 15.6. The van der Waals surface area contributed by atoms with Crippen LogP contribution in [0, 0.1) is 5.41 Å². The van der Waals surface area contributed by atoms with Gasteiger partial charge >= 0.3 is 0 Å². The van der Waals surface area contributed by atoms with Gasteiger partial charge in [0, 0.05) is 24.0 Å². The quantitative estimate of drug-likeness (QED) is 0.643. The van der Waals surface area contributed by atoms with Crippen LogP contribution in [-0.2, 0) is 6.42 Å². The van der Waals surface area contributed by atoms with Gasteiger partial charge < -0.3 is 5.21 Å². The van der Waals surface area contributed by atoms with Gasteiger partial charge in [-0.1, -0.05) is 30.3 Å². The van der Waals surface area contributed by atoms with E-state index < -0.39 is 0 Å². The lowest BCUT2D eigenvalue weighted by Crippen LogP contribution is -2.53. The van der Waals surface area contributed by atoms with Crippen LogP contribution in [0.25, 0.3) is 10.9 Å². The maximum Gasteiger partial charge on any atom is 0.153 e. The molecule has 0 radical (unpaired) electrons. The van der Waals surface area contributed by atoms with Crippen molar-refractivity contribution in [2.24, 2.45) is 10.6 Å². The largest absolute Gasteiger partial charge is 0.409 e. The van der Waals surface area contributed by atoms with E-state index in [0.29, 0.717) is 6.04 Å². The fourth-order valence-electron chi connectivity index (χ4n) is 5.56. The highest BCUT2D eigenvalue weighted by molar-refractivity contribution is 5.99. The summed E-state index contributed by atoms with van der Waals surface area (Å²) in [6, 6.07) is 9.11. The summed E-state index contributed by atoms with van der Waals surface area (Å²) in [5, 5.41) is 14.8. The first kappa shape index (κ1) is 13.6. The second-order valence-electron chi connectivity index (χ2n) is 7.42. The molecule has 3 aliphatic heterocycles. The van der Waals surface area contributed by atoms with E-state index >= 15 is 0 Å². The van der Waals surface area contributed by atoms with E-state index in [0.717, 1.165) is 25.1 Å². The molecular weight excluding hydrogens is 286 g/mol. The molecule has 0 saturated carbocycles. The van der Waals surface area contributed by atoms with Gasteiger partial charge in [0.05, 0.1) is 11.6 Å². The Hall–Kier alpha value is -1.81. The van der Waals surface area contributed by atoms with E-state index in [9.17, 15) is 5.21 Å². The third-order valence-corrected chi connectivity index (χ3v) is 6.58. The lowest BCUT2D eigenvalue weighted by molar-refractivity contribution is -0.00416. The Balaban J connectivity index is 1.89.